The van der Waals surface area contributed by atoms with Crippen molar-refractivity contribution in [1.29, 1.82) is 5.26 Å². The first-order valence-electron chi connectivity index (χ1n) is 6.83. The molecule has 1 heterocycles. The van der Waals surface area contributed by atoms with E-state index >= 15 is 0 Å². The van der Waals surface area contributed by atoms with Gasteiger partial charge in [-0.2, -0.15) is 5.26 Å². The summed E-state index contributed by atoms with van der Waals surface area (Å²) in [7, 11) is 0. The van der Waals surface area contributed by atoms with Gasteiger partial charge in [0.2, 0.25) is 5.91 Å². The molecule has 1 aromatic rings. The van der Waals surface area contributed by atoms with Gasteiger partial charge >= 0.3 is 0 Å². The Morgan fingerprint density at radius 2 is 2.16 bits per heavy atom. The summed E-state index contributed by atoms with van der Waals surface area (Å²) in [6.07, 6.45) is 2.10. The molecule has 100 valence electrons. The van der Waals surface area contributed by atoms with Crippen LogP contribution in [0, 0.1) is 31.1 Å². The van der Waals surface area contributed by atoms with Crippen LogP contribution in [0.4, 0.5) is 0 Å². The van der Waals surface area contributed by atoms with Gasteiger partial charge in [-0.3, -0.25) is 4.79 Å². The maximum Gasteiger partial charge on any atom is 0.222 e. The largest absolute Gasteiger partial charge is 0.341 e. The number of hydrogen-bond donors (Lipinski definition) is 0. The Kier molecular flexibility index (Phi) is 4.21. The van der Waals surface area contributed by atoms with Gasteiger partial charge in [0.15, 0.2) is 0 Å². The third kappa shape index (κ3) is 3.35. The number of nitrogens with zero attached hydrogens (tertiary/aromatic N) is 2. The number of amides is 1. The van der Waals surface area contributed by atoms with E-state index in [1.807, 2.05) is 4.90 Å². The molecule has 1 aliphatic heterocycles. The molecule has 0 N–H and O–H groups in total. The molecule has 0 saturated carbocycles. The first-order valence-corrected chi connectivity index (χ1v) is 6.83. The molecule has 1 aliphatic rings. The Balaban J connectivity index is 1.95. The molecule has 1 saturated heterocycles. The normalized spacial score (nSPS) is 19.3. The third-order valence-electron chi connectivity index (χ3n) is 3.92. The van der Waals surface area contributed by atoms with Gasteiger partial charge in [0.05, 0.1) is 12.0 Å². The second-order valence-electron chi connectivity index (χ2n) is 5.37. The fourth-order valence-corrected chi connectivity index (χ4v) is 2.46. The molecule has 0 radical (unpaired) electrons. The summed E-state index contributed by atoms with van der Waals surface area (Å²) in [6, 6.07) is 8.71. The van der Waals surface area contributed by atoms with Crippen molar-refractivity contribution in [2.24, 2.45) is 5.92 Å². The summed E-state index contributed by atoms with van der Waals surface area (Å²) >= 11 is 0. The van der Waals surface area contributed by atoms with E-state index in [0.29, 0.717) is 13.0 Å². The van der Waals surface area contributed by atoms with Gasteiger partial charge in [0.1, 0.15) is 0 Å². The topological polar surface area (TPSA) is 44.1 Å². The fraction of sp³-hybridized carbons (Fsp3) is 0.500. The second-order valence-corrected chi connectivity index (χ2v) is 5.37. The summed E-state index contributed by atoms with van der Waals surface area (Å²) in [5.41, 5.74) is 3.84. The van der Waals surface area contributed by atoms with Crippen LogP contribution >= 0.6 is 0 Å². The molecule has 1 amide bonds. The van der Waals surface area contributed by atoms with E-state index in [-0.39, 0.29) is 11.8 Å². The number of nitriles is 1. The molecule has 1 unspecified atom stereocenters. The fourth-order valence-electron chi connectivity index (χ4n) is 2.46. The van der Waals surface area contributed by atoms with E-state index in [9.17, 15) is 4.79 Å². The van der Waals surface area contributed by atoms with Crippen LogP contribution < -0.4 is 0 Å². The Labute approximate surface area is 114 Å². The summed E-state index contributed by atoms with van der Waals surface area (Å²) in [6.45, 7) is 5.53. The van der Waals surface area contributed by atoms with Crippen molar-refractivity contribution < 1.29 is 4.79 Å². The van der Waals surface area contributed by atoms with Crippen molar-refractivity contribution in [3.8, 4) is 6.07 Å². The van der Waals surface area contributed by atoms with Crippen LogP contribution in [0.3, 0.4) is 0 Å². The zero-order valence-corrected chi connectivity index (χ0v) is 11.6. The molecule has 3 nitrogen and oxygen atoms in total. The zero-order valence-electron chi connectivity index (χ0n) is 11.6. The number of likely N-dealkylation sites (tertiary alicyclic amines) is 1. The van der Waals surface area contributed by atoms with Gasteiger partial charge in [-0.15, -0.1) is 0 Å². The van der Waals surface area contributed by atoms with E-state index in [4.69, 9.17) is 5.26 Å². The Bertz CT molecular complexity index is 516. The highest BCUT2D eigenvalue weighted by atomic mass is 16.2. The minimum atomic E-state index is 0.0115. The van der Waals surface area contributed by atoms with Gasteiger partial charge < -0.3 is 4.90 Å². The lowest BCUT2D eigenvalue weighted by atomic mass is 9.98. The summed E-state index contributed by atoms with van der Waals surface area (Å²) in [5, 5.41) is 8.96. The molecule has 0 spiro atoms. The molecule has 1 atom stereocenters. The van der Waals surface area contributed by atoms with Gasteiger partial charge in [0, 0.05) is 19.5 Å². The quantitative estimate of drug-likeness (QED) is 0.834. The molecule has 0 aromatic heterocycles. The molecular formula is C16H20N2O. The lowest BCUT2D eigenvalue weighted by Gasteiger charge is -2.29. The zero-order chi connectivity index (χ0) is 13.8. The van der Waals surface area contributed by atoms with Gasteiger partial charge in [-0.25, -0.2) is 0 Å². The molecule has 0 bridgehead atoms. The lowest BCUT2D eigenvalue weighted by Crippen LogP contribution is -2.40. The summed E-state index contributed by atoms with van der Waals surface area (Å²) < 4.78 is 0. The van der Waals surface area contributed by atoms with Crippen LogP contribution in [0.2, 0.25) is 0 Å². The standard InChI is InChI=1S/C16H20N2O/c1-12-3-4-14(9-13(12)2)7-8-18-11-15(10-17)5-6-16(18)19/h3-4,9,15H,5-8,11H2,1-2H3. The summed E-state index contributed by atoms with van der Waals surface area (Å²) in [5.74, 6) is 0.202. The number of benzene rings is 1. The molecule has 19 heavy (non-hydrogen) atoms. The van der Waals surface area contributed by atoms with E-state index in [1.54, 1.807) is 0 Å². The third-order valence-corrected chi connectivity index (χ3v) is 3.92. The minimum Gasteiger partial charge on any atom is -0.341 e. The Morgan fingerprint density at radius 3 is 2.84 bits per heavy atom. The molecule has 1 fully saturated rings. The number of piperidine rings is 1. The van der Waals surface area contributed by atoms with Crippen molar-refractivity contribution in [3.63, 3.8) is 0 Å². The van der Waals surface area contributed by atoms with Crippen molar-refractivity contribution in [2.45, 2.75) is 33.1 Å². The van der Waals surface area contributed by atoms with E-state index < -0.39 is 0 Å². The SMILES string of the molecule is Cc1ccc(CCN2CC(C#N)CCC2=O)cc1C. The van der Waals surface area contributed by atoms with E-state index in [0.717, 1.165) is 19.4 Å². The molecule has 0 aliphatic carbocycles. The number of carbonyl (C=O) groups is 1. The first-order chi connectivity index (χ1) is 9.10. The maximum absolute atomic E-state index is 11.8. The number of hydrogen-bond acceptors (Lipinski definition) is 2. The Hall–Kier alpha value is -1.82. The monoisotopic (exact) mass is 256 g/mol. The number of aryl methyl sites for hydroxylation is 2. The van der Waals surface area contributed by atoms with Crippen LogP contribution in [-0.4, -0.2) is 23.9 Å². The minimum absolute atomic E-state index is 0.0115. The average molecular weight is 256 g/mol. The van der Waals surface area contributed by atoms with Crippen molar-refractivity contribution in [2.75, 3.05) is 13.1 Å². The van der Waals surface area contributed by atoms with E-state index in [2.05, 4.69) is 38.1 Å². The number of carbonyl (C=O) groups excluding carboxylic acids is 1. The van der Waals surface area contributed by atoms with Crippen molar-refractivity contribution in [3.05, 3.63) is 34.9 Å². The molecule has 2 rings (SSSR count). The van der Waals surface area contributed by atoms with Crippen molar-refractivity contribution >= 4 is 5.91 Å². The Morgan fingerprint density at radius 1 is 1.37 bits per heavy atom. The highest BCUT2D eigenvalue weighted by molar-refractivity contribution is 5.77. The van der Waals surface area contributed by atoms with Crippen LogP contribution in [0.1, 0.15) is 29.5 Å². The predicted molar refractivity (Wildman–Crippen MR) is 74.5 cm³/mol. The first kappa shape index (κ1) is 13.6. The van der Waals surface area contributed by atoms with Crippen LogP contribution in [-0.2, 0) is 11.2 Å². The second kappa shape index (κ2) is 5.88. The molecule has 3 heteroatoms. The highest BCUT2D eigenvalue weighted by Gasteiger charge is 2.24. The van der Waals surface area contributed by atoms with Crippen LogP contribution in [0.5, 0.6) is 0 Å². The van der Waals surface area contributed by atoms with Crippen LogP contribution in [0.25, 0.3) is 0 Å². The predicted octanol–water partition coefficient (Wildman–Crippen LogP) is 2.61. The maximum atomic E-state index is 11.8. The summed E-state index contributed by atoms with van der Waals surface area (Å²) in [4.78, 5) is 13.7. The highest BCUT2D eigenvalue weighted by Crippen LogP contribution is 2.18. The van der Waals surface area contributed by atoms with Crippen LogP contribution in [0.15, 0.2) is 18.2 Å². The van der Waals surface area contributed by atoms with Crippen molar-refractivity contribution in [1.82, 2.24) is 4.90 Å². The van der Waals surface area contributed by atoms with Gasteiger partial charge in [-0.1, -0.05) is 18.2 Å². The average Bonchev–Trinajstić information content (AvgIpc) is 2.41. The molecule has 1 aromatic carbocycles. The lowest BCUT2D eigenvalue weighted by molar-refractivity contribution is -0.134. The smallest absolute Gasteiger partial charge is 0.222 e. The van der Waals surface area contributed by atoms with Gasteiger partial charge in [-0.05, 0) is 43.4 Å². The van der Waals surface area contributed by atoms with Gasteiger partial charge in [0.25, 0.3) is 0 Å². The molecular weight excluding hydrogens is 236 g/mol. The van der Waals surface area contributed by atoms with E-state index in [1.165, 1.54) is 16.7 Å². The number of rotatable bonds is 3.